The first-order chi connectivity index (χ1) is 10.1. The SMILES string of the molecule is Cc1cc(C)n(CC(=O)N2CCCC(c3nccs3)C2)n1. The summed E-state index contributed by atoms with van der Waals surface area (Å²) in [6.45, 7) is 5.91. The Morgan fingerprint density at radius 2 is 2.33 bits per heavy atom. The normalized spacial score (nSPS) is 19.0. The van der Waals surface area contributed by atoms with Gasteiger partial charge in [-0.15, -0.1) is 11.3 Å². The van der Waals surface area contributed by atoms with Gasteiger partial charge in [-0.05, 0) is 32.8 Å². The molecular formula is C15H20N4OS. The zero-order valence-electron chi connectivity index (χ0n) is 12.5. The predicted octanol–water partition coefficient (Wildman–Crippen LogP) is 2.36. The lowest BCUT2D eigenvalue weighted by Gasteiger charge is -2.32. The van der Waals surface area contributed by atoms with Gasteiger partial charge >= 0.3 is 0 Å². The second kappa shape index (κ2) is 5.97. The van der Waals surface area contributed by atoms with Gasteiger partial charge in [-0.25, -0.2) is 4.98 Å². The number of amides is 1. The Morgan fingerprint density at radius 1 is 1.48 bits per heavy atom. The van der Waals surface area contributed by atoms with Crippen molar-refractivity contribution >= 4 is 17.2 Å². The number of aromatic nitrogens is 3. The first-order valence-electron chi connectivity index (χ1n) is 7.31. The lowest BCUT2D eigenvalue weighted by Crippen LogP contribution is -2.41. The Balaban J connectivity index is 1.66. The summed E-state index contributed by atoms with van der Waals surface area (Å²) >= 11 is 1.69. The Morgan fingerprint density at radius 3 is 3.00 bits per heavy atom. The fraction of sp³-hybridized carbons (Fsp3) is 0.533. The third-order valence-corrected chi connectivity index (χ3v) is 4.90. The zero-order chi connectivity index (χ0) is 14.8. The van der Waals surface area contributed by atoms with Crippen molar-refractivity contribution in [2.45, 2.75) is 39.2 Å². The Labute approximate surface area is 128 Å². The number of hydrogen-bond donors (Lipinski definition) is 0. The number of rotatable bonds is 3. The molecule has 1 amide bonds. The molecule has 112 valence electrons. The molecule has 1 aliphatic rings. The fourth-order valence-electron chi connectivity index (χ4n) is 2.90. The zero-order valence-corrected chi connectivity index (χ0v) is 13.3. The molecule has 0 saturated carbocycles. The van der Waals surface area contributed by atoms with Crippen LogP contribution in [0.2, 0.25) is 0 Å². The summed E-state index contributed by atoms with van der Waals surface area (Å²) in [7, 11) is 0. The van der Waals surface area contributed by atoms with Gasteiger partial charge in [0, 0.05) is 36.3 Å². The van der Waals surface area contributed by atoms with Gasteiger partial charge in [-0.3, -0.25) is 9.48 Å². The van der Waals surface area contributed by atoms with Crippen molar-refractivity contribution in [3.8, 4) is 0 Å². The number of aryl methyl sites for hydroxylation is 2. The van der Waals surface area contributed by atoms with Crippen molar-refractivity contribution in [1.82, 2.24) is 19.7 Å². The molecule has 3 rings (SSSR count). The molecule has 1 fully saturated rings. The number of nitrogens with zero attached hydrogens (tertiary/aromatic N) is 4. The lowest BCUT2D eigenvalue weighted by atomic mass is 9.99. The first-order valence-corrected chi connectivity index (χ1v) is 8.19. The third-order valence-electron chi connectivity index (χ3n) is 3.96. The summed E-state index contributed by atoms with van der Waals surface area (Å²) in [5.41, 5.74) is 1.99. The number of piperidine rings is 1. The average Bonchev–Trinajstić information content (AvgIpc) is 3.09. The van der Waals surface area contributed by atoms with Gasteiger partial charge in [0.05, 0.1) is 10.7 Å². The van der Waals surface area contributed by atoms with E-state index >= 15 is 0 Å². The highest BCUT2D eigenvalue weighted by molar-refractivity contribution is 7.09. The van der Waals surface area contributed by atoms with Crippen LogP contribution in [-0.4, -0.2) is 38.7 Å². The van der Waals surface area contributed by atoms with Crippen LogP contribution < -0.4 is 0 Å². The van der Waals surface area contributed by atoms with E-state index in [1.807, 2.05) is 36.4 Å². The van der Waals surface area contributed by atoms with E-state index in [2.05, 4.69) is 10.1 Å². The van der Waals surface area contributed by atoms with Crippen LogP contribution in [0.1, 0.15) is 35.2 Å². The molecule has 2 aromatic heterocycles. The van der Waals surface area contributed by atoms with Crippen LogP contribution in [0.25, 0.3) is 0 Å². The van der Waals surface area contributed by atoms with Gasteiger partial charge in [0.15, 0.2) is 0 Å². The number of likely N-dealkylation sites (tertiary alicyclic amines) is 1. The molecule has 1 aliphatic heterocycles. The van der Waals surface area contributed by atoms with Crippen molar-refractivity contribution in [3.05, 3.63) is 34.0 Å². The monoisotopic (exact) mass is 304 g/mol. The Bertz CT molecular complexity index is 620. The van der Waals surface area contributed by atoms with Gasteiger partial charge < -0.3 is 4.90 Å². The molecule has 1 atom stereocenters. The smallest absolute Gasteiger partial charge is 0.244 e. The fourth-order valence-corrected chi connectivity index (χ4v) is 3.67. The van der Waals surface area contributed by atoms with Gasteiger partial charge in [-0.2, -0.15) is 5.10 Å². The Hall–Kier alpha value is -1.69. The highest BCUT2D eigenvalue weighted by atomic mass is 32.1. The van der Waals surface area contributed by atoms with Crippen LogP contribution in [0, 0.1) is 13.8 Å². The maximum atomic E-state index is 12.5. The summed E-state index contributed by atoms with van der Waals surface area (Å²) in [6, 6.07) is 2.00. The molecule has 21 heavy (non-hydrogen) atoms. The number of carbonyl (C=O) groups is 1. The Kier molecular flexibility index (Phi) is 4.05. The molecule has 1 unspecified atom stereocenters. The first kappa shape index (κ1) is 14.3. The van der Waals surface area contributed by atoms with Gasteiger partial charge in [-0.1, -0.05) is 0 Å². The number of thiazole rings is 1. The van der Waals surface area contributed by atoms with Crippen LogP contribution in [-0.2, 0) is 11.3 Å². The van der Waals surface area contributed by atoms with E-state index in [1.165, 1.54) is 0 Å². The molecule has 0 bridgehead atoms. The van der Waals surface area contributed by atoms with E-state index in [4.69, 9.17) is 0 Å². The minimum Gasteiger partial charge on any atom is -0.340 e. The third kappa shape index (κ3) is 3.15. The van der Waals surface area contributed by atoms with E-state index in [-0.39, 0.29) is 5.91 Å². The predicted molar refractivity (Wildman–Crippen MR) is 82.4 cm³/mol. The minimum atomic E-state index is 0.155. The van der Waals surface area contributed by atoms with Crippen LogP contribution in [0.4, 0.5) is 0 Å². The minimum absolute atomic E-state index is 0.155. The molecule has 6 heteroatoms. The summed E-state index contributed by atoms with van der Waals surface area (Å²) in [5, 5.41) is 7.53. The molecule has 3 heterocycles. The van der Waals surface area contributed by atoms with Crippen molar-refractivity contribution in [2.24, 2.45) is 0 Å². The second-order valence-corrected chi connectivity index (χ2v) is 6.56. The van der Waals surface area contributed by atoms with Crippen molar-refractivity contribution in [2.75, 3.05) is 13.1 Å². The average molecular weight is 304 g/mol. The van der Waals surface area contributed by atoms with Gasteiger partial charge in [0.2, 0.25) is 5.91 Å². The second-order valence-electron chi connectivity index (χ2n) is 5.63. The molecule has 1 saturated heterocycles. The van der Waals surface area contributed by atoms with Crippen molar-refractivity contribution in [3.63, 3.8) is 0 Å². The van der Waals surface area contributed by atoms with E-state index < -0.39 is 0 Å². The summed E-state index contributed by atoms with van der Waals surface area (Å²) in [5.74, 6) is 0.547. The van der Waals surface area contributed by atoms with Crippen LogP contribution in [0.5, 0.6) is 0 Å². The van der Waals surface area contributed by atoms with Gasteiger partial charge in [0.1, 0.15) is 6.54 Å². The highest BCUT2D eigenvalue weighted by Crippen LogP contribution is 2.28. The van der Waals surface area contributed by atoms with Crippen LogP contribution >= 0.6 is 11.3 Å². The topological polar surface area (TPSA) is 51.0 Å². The molecule has 5 nitrogen and oxygen atoms in total. The maximum absolute atomic E-state index is 12.5. The van der Waals surface area contributed by atoms with E-state index in [1.54, 1.807) is 16.0 Å². The molecule has 0 N–H and O–H groups in total. The van der Waals surface area contributed by atoms with Crippen LogP contribution in [0.3, 0.4) is 0 Å². The van der Waals surface area contributed by atoms with Crippen LogP contribution in [0.15, 0.2) is 17.6 Å². The number of carbonyl (C=O) groups excluding carboxylic acids is 1. The standard InChI is InChI=1S/C15H20N4OS/c1-11-8-12(2)19(17-11)10-14(20)18-6-3-4-13(9-18)15-16-5-7-21-15/h5,7-8,13H,3-4,6,9-10H2,1-2H3. The summed E-state index contributed by atoms with van der Waals surface area (Å²) < 4.78 is 1.80. The highest BCUT2D eigenvalue weighted by Gasteiger charge is 2.26. The van der Waals surface area contributed by atoms with Crippen molar-refractivity contribution < 1.29 is 4.79 Å². The molecule has 2 aromatic rings. The molecule has 0 aliphatic carbocycles. The lowest BCUT2D eigenvalue weighted by molar-refractivity contribution is -0.133. The molecular weight excluding hydrogens is 284 g/mol. The molecule has 0 radical (unpaired) electrons. The van der Waals surface area contributed by atoms with Gasteiger partial charge in [0.25, 0.3) is 0 Å². The quantitative estimate of drug-likeness (QED) is 0.874. The van der Waals surface area contributed by atoms with E-state index in [9.17, 15) is 4.79 Å². The molecule has 0 aromatic carbocycles. The van der Waals surface area contributed by atoms with E-state index in [0.717, 1.165) is 42.3 Å². The molecule has 0 spiro atoms. The largest absolute Gasteiger partial charge is 0.340 e. The number of hydrogen-bond acceptors (Lipinski definition) is 4. The summed E-state index contributed by atoms with van der Waals surface area (Å²) in [4.78, 5) is 18.9. The summed E-state index contributed by atoms with van der Waals surface area (Å²) in [6.07, 6.45) is 4.01. The maximum Gasteiger partial charge on any atom is 0.244 e. The van der Waals surface area contributed by atoms with Crippen molar-refractivity contribution in [1.29, 1.82) is 0 Å². The van der Waals surface area contributed by atoms with E-state index in [0.29, 0.717) is 12.5 Å².